The maximum absolute atomic E-state index is 6.10. The maximum atomic E-state index is 6.10. The first-order chi connectivity index (χ1) is 13.9. The summed E-state index contributed by atoms with van der Waals surface area (Å²) in [5, 5.41) is 2.72. The van der Waals surface area contributed by atoms with Crippen molar-refractivity contribution in [3.63, 3.8) is 0 Å². The molecule has 0 fully saturated rings. The highest BCUT2D eigenvalue weighted by molar-refractivity contribution is 7.71. The lowest BCUT2D eigenvalue weighted by Crippen LogP contribution is -2.25. The van der Waals surface area contributed by atoms with Crippen LogP contribution in [0.5, 0.6) is 0 Å². The second-order valence-electron chi connectivity index (χ2n) is 8.75. The molecule has 3 nitrogen and oxygen atoms in total. The summed E-state index contributed by atoms with van der Waals surface area (Å²) in [6.45, 7) is 11.7. The number of aryl methyl sites for hydroxylation is 2. The van der Waals surface area contributed by atoms with Gasteiger partial charge in [-0.25, -0.2) is 4.99 Å². The Morgan fingerprint density at radius 1 is 0.897 bits per heavy atom. The smallest absolute Gasteiger partial charge is 0.234 e. The number of benzene rings is 2. The molecular weight excluding hydrogens is 375 g/mol. The molecular formula is C25H29N2OP. The Kier molecular flexibility index (Phi) is 5.36. The van der Waals surface area contributed by atoms with Crippen LogP contribution in [-0.4, -0.2) is 22.9 Å². The quantitative estimate of drug-likeness (QED) is 0.550. The van der Waals surface area contributed by atoms with Crippen molar-refractivity contribution >= 4 is 24.6 Å². The van der Waals surface area contributed by atoms with E-state index in [0.29, 0.717) is 6.61 Å². The van der Waals surface area contributed by atoms with Gasteiger partial charge in [0.1, 0.15) is 12.3 Å². The maximum Gasteiger partial charge on any atom is 0.234 e. The number of aliphatic imine (C=N–C) groups is 1. The number of nitrogens with zero attached hydrogens (tertiary/aromatic N) is 2. The van der Waals surface area contributed by atoms with Gasteiger partial charge in [0.2, 0.25) is 5.90 Å². The summed E-state index contributed by atoms with van der Waals surface area (Å²) in [5.74, 6) is 0.768. The van der Waals surface area contributed by atoms with Crippen molar-refractivity contribution in [1.82, 2.24) is 4.34 Å². The third-order valence-electron chi connectivity index (χ3n) is 5.50. The molecule has 0 N–H and O–H groups in total. The molecule has 3 aromatic rings. The largest absolute Gasteiger partial charge is 0.474 e. The zero-order valence-electron chi connectivity index (χ0n) is 17.9. The van der Waals surface area contributed by atoms with E-state index in [1.54, 1.807) is 0 Å². The number of aromatic nitrogens is 1. The van der Waals surface area contributed by atoms with E-state index in [0.717, 1.165) is 11.6 Å². The highest BCUT2D eigenvalue weighted by atomic mass is 31.1. The fourth-order valence-corrected chi connectivity index (χ4v) is 6.21. The van der Waals surface area contributed by atoms with Gasteiger partial charge in [-0.1, -0.05) is 69.3 Å². The van der Waals surface area contributed by atoms with E-state index in [1.165, 1.54) is 21.7 Å². The topological polar surface area (TPSA) is 26.5 Å². The summed E-state index contributed by atoms with van der Waals surface area (Å²) < 4.78 is 8.48. The molecule has 1 aliphatic rings. The minimum Gasteiger partial charge on any atom is -0.474 e. The lowest BCUT2D eigenvalue weighted by atomic mass is 9.88. The molecule has 0 radical (unpaired) electrons. The van der Waals surface area contributed by atoms with E-state index in [1.807, 2.05) is 0 Å². The Morgan fingerprint density at radius 3 is 2.00 bits per heavy atom. The predicted molar refractivity (Wildman–Crippen MR) is 124 cm³/mol. The Labute approximate surface area is 175 Å². The van der Waals surface area contributed by atoms with E-state index in [2.05, 4.69) is 106 Å². The van der Waals surface area contributed by atoms with Crippen molar-refractivity contribution in [1.29, 1.82) is 0 Å². The molecule has 29 heavy (non-hydrogen) atoms. The van der Waals surface area contributed by atoms with Gasteiger partial charge in [-0.2, -0.15) is 0 Å². The molecule has 1 aliphatic heterocycles. The standard InChI is InChI=1S/C25H29N2OP/c1-18-11-6-8-14-21(18)29(22-15-9-7-12-19(22)2)27-16-10-13-20(27)24-26-23(17-28-24)25(3,4)5/h6-16,23H,17H2,1-5H3/t23-/m1/s1. The average molecular weight is 404 g/mol. The fraction of sp³-hybridized carbons (Fsp3) is 0.320. The van der Waals surface area contributed by atoms with Crippen LogP contribution in [0.3, 0.4) is 0 Å². The SMILES string of the molecule is Cc1ccccc1P(c1ccccc1C)n1cccc1C1=N[C@@H](C(C)(C)C)CO1. The first-order valence-corrected chi connectivity index (χ1v) is 11.5. The van der Waals surface area contributed by atoms with E-state index in [9.17, 15) is 0 Å². The molecule has 2 aromatic carbocycles. The van der Waals surface area contributed by atoms with Crippen LogP contribution in [0.1, 0.15) is 37.6 Å². The summed E-state index contributed by atoms with van der Waals surface area (Å²) in [6.07, 6.45) is 2.18. The molecule has 0 saturated heterocycles. The van der Waals surface area contributed by atoms with Crippen LogP contribution in [0, 0.1) is 19.3 Å². The van der Waals surface area contributed by atoms with Crippen LogP contribution < -0.4 is 10.6 Å². The van der Waals surface area contributed by atoms with Gasteiger partial charge in [0.25, 0.3) is 0 Å². The van der Waals surface area contributed by atoms with Crippen LogP contribution in [0.15, 0.2) is 71.9 Å². The van der Waals surface area contributed by atoms with Gasteiger partial charge >= 0.3 is 0 Å². The van der Waals surface area contributed by atoms with Crippen LogP contribution in [-0.2, 0) is 4.74 Å². The molecule has 4 rings (SSSR count). The van der Waals surface area contributed by atoms with Gasteiger partial charge in [-0.3, -0.25) is 0 Å². The highest BCUT2D eigenvalue weighted by Gasteiger charge is 2.32. The summed E-state index contributed by atoms with van der Waals surface area (Å²) in [6, 6.07) is 21.8. The molecule has 0 saturated carbocycles. The van der Waals surface area contributed by atoms with Crippen LogP contribution in [0.25, 0.3) is 0 Å². The Hall–Kier alpha value is -2.38. The first-order valence-electron chi connectivity index (χ1n) is 10.2. The Morgan fingerprint density at radius 2 is 1.48 bits per heavy atom. The summed E-state index contributed by atoms with van der Waals surface area (Å²) >= 11 is 0. The van der Waals surface area contributed by atoms with E-state index >= 15 is 0 Å². The number of rotatable bonds is 4. The van der Waals surface area contributed by atoms with E-state index in [4.69, 9.17) is 9.73 Å². The molecule has 0 spiro atoms. The fourth-order valence-electron chi connectivity index (χ4n) is 3.64. The molecule has 1 aromatic heterocycles. The van der Waals surface area contributed by atoms with Gasteiger partial charge < -0.3 is 9.07 Å². The highest BCUT2D eigenvalue weighted by Crippen LogP contribution is 2.40. The summed E-state index contributed by atoms with van der Waals surface area (Å²) in [7, 11) is -0.774. The molecule has 1 atom stereocenters. The van der Waals surface area contributed by atoms with Crippen molar-refractivity contribution in [3.05, 3.63) is 83.7 Å². The molecule has 0 amide bonds. The molecule has 4 heteroatoms. The van der Waals surface area contributed by atoms with Crippen molar-refractivity contribution in [2.75, 3.05) is 6.61 Å². The molecule has 0 bridgehead atoms. The molecule has 0 unspecified atom stereocenters. The third kappa shape index (κ3) is 3.89. The minimum absolute atomic E-state index is 0.0932. The lowest BCUT2D eigenvalue weighted by Gasteiger charge is -2.25. The zero-order chi connectivity index (χ0) is 20.6. The van der Waals surface area contributed by atoms with Gasteiger partial charge in [0, 0.05) is 16.8 Å². The average Bonchev–Trinajstić information content (AvgIpc) is 3.34. The molecule has 0 aliphatic carbocycles. The van der Waals surface area contributed by atoms with Crippen molar-refractivity contribution in [2.45, 2.75) is 40.7 Å². The van der Waals surface area contributed by atoms with Gasteiger partial charge in [-0.15, -0.1) is 0 Å². The number of hydrogen-bond donors (Lipinski definition) is 0. The zero-order valence-corrected chi connectivity index (χ0v) is 18.8. The minimum atomic E-state index is -0.774. The van der Waals surface area contributed by atoms with Crippen molar-refractivity contribution < 1.29 is 4.74 Å². The van der Waals surface area contributed by atoms with E-state index in [-0.39, 0.29) is 11.5 Å². The Bertz CT molecular complexity index is 999. The Balaban J connectivity index is 1.86. The van der Waals surface area contributed by atoms with Crippen LogP contribution in [0.4, 0.5) is 0 Å². The van der Waals surface area contributed by atoms with Crippen molar-refractivity contribution in [2.24, 2.45) is 10.4 Å². The second kappa shape index (κ2) is 7.80. The second-order valence-corrected chi connectivity index (χ2v) is 10.8. The summed E-state index contributed by atoms with van der Waals surface area (Å²) in [4.78, 5) is 4.96. The number of ether oxygens (including phenoxy) is 1. The molecule has 2 heterocycles. The van der Waals surface area contributed by atoms with Gasteiger partial charge in [0.05, 0.1) is 14.1 Å². The predicted octanol–water partition coefficient (Wildman–Crippen LogP) is 5.19. The van der Waals surface area contributed by atoms with Gasteiger partial charge in [-0.05, 0) is 42.5 Å². The van der Waals surface area contributed by atoms with Gasteiger partial charge in [0.15, 0.2) is 0 Å². The third-order valence-corrected chi connectivity index (χ3v) is 8.20. The number of hydrogen-bond acceptors (Lipinski definition) is 2. The van der Waals surface area contributed by atoms with Crippen LogP contribution >= 0.6 is 8.07 Å². The van der Waals surface area contributed by atoms with Crippen LogP contribution in [0.2, 0.25) is 0 Å². The first kappa shape index (κ1) is 19.9. The lowest BCUT2D eigenvalue weighted by molar-refractivity contribution is 0.235. The normalized spacial score (nSPS) is 16.8. The van der Waals surface area contributed by atoms with Crippen molar-refractivity contribution in [3.8, 4) is 0 Å². The monoisotopic (exact) mass is 404 g/mol. The van der Waals surface area contributed by atoms with E-state index < -0.39 is 8.07 Å². The summed E-state index contributed by atoms with van der Waals surface area (Å²) in [5.41, 5.74) is 3.77. The molecule has 150 valence electrons.